The molecule has 9 heteroatoms. The Morgan fingerprint density at radius 1 is 1.30 bits per heavy atom. The van der Waals surface area contributed by atoms with Crippen molar-refractivity contribution < 1.29 is 9.18 Å². The molecule has 0 bridgehead atoms. The summed E-state index contributed by atoms with van der Waals surface area (Å²) in [5.41, 5.74) is 1.38. The predicted molar refractivity (Wildman–Crippen MR) is 113 cm³/mol. The average Bonchev–Trinajstić information content (AvgIpc) is 3.53. The van der Waals surface area contributed by atoms with Crippen LogP contribution < -0.4 is 5.32 Å². The number of halogens is 2. The van der Waals surface area contributed by atoms with Crippen LogP contribution in [0.1, 0.15) is 25.7 Å². The standard InChI is InChI=1S/C21H22ClFN6O/c22-14-6-15-16(9-26-18(15)25-8-14)19-27-10-17(23)20(28-19)24-7-12-2-1-5-29(11-12)21(30)13-3-4-13/h6,8-10,12-13H,1-5,7,11H2,(H,25,26)(H,24,27,28). The number of hydrogen-bond donors (Lipinski definition) is 2. The zero-order chi connectivity index (χ0) is 20.7. The molecule has 3 aromatic rings. The summed E-state index contributed by atoms with van der Waals surface area (Å²) in [7, 11) is 0. The Bertz CT molecular complexity index is 1100. The first-order valence-electron chi connectivity index (χ1n) is 10.3. The van der Waals surface area contributed by atoms with E-state index in [-0.39, 0.29) is 23.6 Å². The van der Waals surface area contributed by atoms with Crippen LogP contribution in [0.4, 0.5) is 10.2 Å². The molecule has 1 amide bonds. The molecule has 30 heavy (non-hydrogen) atoms. The summed E-state index contributed by atoms with van der Waals surface area (Å²) in [5.74, 6) is 0.838. The number of nitrogens with zero attached hydrogens (tertiary/aromatic N) is 4. The molecule has 4 heterocycles. The molecular weight excluding hydrogens is 407 g/mol. The van der Waals surface area contributed by atoms with Gasteiger partial charge in [0.1, 0.15) is 5.65 Å². The lowest BCUT2D eigenvalue weighted by Crippen LogP contribution is -2.42. The molecule has 1 saturated carbocycles. The summed E-state index contributed by atoms with van der Waals surface area (Å²) in [6.07, 6.45) is 8.49. The minimum absolute atomic E-state index is 0.162. The highest BCUT2D eigenvalue weighted by atomic mass is 35.5. The van der Waals surface area contributed by atoms with Gasteiger partial charge < -0.3 is 15.2 Å². The van der Waals surface area contributed by atoms with Crippen molar-refractivity contribution in [1.82, 2.24) is 24.8 Å². The van der Waals surface area contributed by atoms with E-state index in [1.165, 1.54) is 6.20 Å². The van der Waals surface area contributed by atoms with Crippen molar-refractivity contribution in [3.63, 3.8) is 0 Å². The number of aromatic amines is 1. The second-order valence-electron chi connectivity index (χ2n) is 8.09. The molecule has 2 aliphatic rings. The number of anilines is 1. The number of rotatable bonds is 5. The van der Waals surface area contributed by atoms with Crippen LogP contribution in [0.15, 0.2) is 24.7 Å². The zero-order valence-electron chi connectivity index (χ0n) is 16.4. The number of carbonyl (C=O) groups excluding carboxylic acids is 1. The number of pyridine rings is 1. The lowest BCUT2D eigenvalue weighted by molar-refractivity contribution is -0.134. The third-order valence-electron chi connectivity index (χ3n) is 5.80. The number of hydrogen-bond acceptors (Lipinski definition) is 5. The van der Waals surface area contributed by atoms with Crippen LogP contribution in [0.25, 0.3) is 22.4 Å². The summed E-state index contributed by atoms with van der Waals surface area (Å²) in [6, 6.07) is 1.78. The van der Waals surface area contributed by atoms with Gasteiger partial charge in [-0.2, -0.15) is 0 Å². The maximum absolute atomic E-state index is 14.4. The number of amides is 1. The number of nitrogens with one attached hydrogen (secondary N) is 2. The number of aromatic nitrogens is 4. The number of carbonyl (C=O) groups is 1. The van der Waals surface area contributed by atoms with Gasteiger partial charge in [-0.25, -0.2) is 19.3 Å². The summed E-state index contributed by atoms with van der Waals surface area (Å²) in [4.78, 5) is 30.2. The summed E-state index contributed by atoms with van der Waals surface area (Å²) < 4.78 is 14.4. The van der Waals surface area contributed by atoms with Gasteiger partial charge in [0.15, 0.2) is 17.5 Å². The first-order valence-corrected chi connectivity index (χ1v) is 10.6. The van der Waals surface area contributed by atoms with Crippen molar-refractivity contribution >= 4 is 34.4 Å². The van der Waals surface area contributed by atoms with E-state index in [2.05, 4.69) is 25.3 Å². The fourth-order valence-corrected chi connectivity index (χ4v) is 4.20. The molecule has 1 saturated heterocycles. The largest absolute Gasteiger partial charge is 0.367 e. The molecule has 5 rings (SSSR count). The quantitative estimate of drug-likeness (QED) is 0.644. The lowest BCUT2D eigenvalue weighted by atomic mass is 9.97. The molecule has 156 valence electrons. The van der Waals surface area contributed by atoms with Gasteiger partial charge in [0.05, 0.1) is 11.2 Å². The van der Waals surface area contributed by atoms with Crippen LogP contribution in [-0.2, 0) is 4.79 Å². The van der Waals surface area contributed by atoms with Crippen LogP contribution in [0.5, 0.6) is 0 Å². The van der Waals surface area contributed by atoms with Gasteiger partial charge in [-0.05, 0) is 37.7 Å². The van der Waals surface area contributed by atoms with Crippen molar-refractivity contribution in [3.8, 4) is 11.4 Å². The van der Waals surface area contributed by atoms with Crippen LogP contribution in [0.2, 0.25) is 5.02 Å². The monoisotopic (exact) mass is 428 g/mol. The lowest BCUT2D eigenvalue weighted by Gasteiger charge is -2.33. The molecular formula is C21H22ClFN6O. The summed E-state index contributed by atoms with van der Waals surface area (Å²) in [6.45, 7) is 2.10. The van der Waals surface area contributed by atoms with E-state index in [4.69, 9.17) is 11.6 Å². The molecule has 2 N–H and O–H groups in total. The Morgan fingerprint density at radius 2 is 2.17 bits per heavy atom. The molecule has 0 spiro atoms. The molecule has 2 fully saturated rings. The zero-order valence-corrected chi connectivity index (χ0v) is 17.1. The van der Waals surface area contributed by atoms with Crippen molar-refractivity contribution in [1.29, 1.82) is 0 Å². The number of fused-ring (bicyclic) bond motifs is 1. The van der Waals surface area contributed by atoms with E-state index in [1.54, 1.807) is 18.5 Å². The van der Waals surface area contributed by atoms with Gasteiger partial charge in [0.25, 0.3) is 0 Å². The second-order valence-corrected chi connectivity index (χ2v) is 8.53. The fourth-order valence-electron chi connectivity index (χ4n) is 4.05. The van der Waals surface area contributed by atoms with Gasteiger partial charge in [0.2, 0.25) is 5.91 Å². The Labute approximate surface area is 178 Å². The van der Waals surface area contributed by atoms with Crippen molar-refractivity contribution in [2.24, 2.45) is 11.8 Å². The Morgan fingerprint density at radius 3 is 3.00 bits per heavy atom. The summed E-state index contributed by atoms with van der Waals surface area (Å²) in [5, 5.41) is 4.42. The van der Waals surface area contributed by atoms with E-state index in [9.17, 15) is 9.18 Å². The van der Waals surface area contributed by atoms with Crippen molar-refractivity contribution in [3.05, 3.63) is 35.5 Å². The third-order valence-corrected chi connectivity index (χ3v) is 6.00. The normalized spacial score (nSPS) is 19.3. The van der Waals surface area contributed by atoms with Crippen molar-refractivity contribution in [2.75, 3.05) is 25.0 Å². The SMILES string of the molecule is O=C(C1CC1)N1CCCC(CNc2nc(-c3c[nH]c4ncc(Cl)cc34)ncc2F)C1. The molecule has 0 aromatic carbocycles. The van der Waals surface area contributed by atoms with E-state index in [0.29, 0.717) is 35.1 Å². The molecule has 0 radical (unpaired) electrons. The van der Waals surface area contributed by atoms with E-state index < -0.39 is 5.82 Å². The molecule has 1 aliphatic heterocycles. The molecule has 1 atom stereocenters. The second kappa shape index (κ2) is 7.83. The van der Waals surface area contributed by atoms with Crippen LogP contribution in [0.3, 0.4) is 0 Å². The molecule has 1 aliphatic carbocycles. The topological polar surface area (TPSA) is 86.8 Å². The number of H-pyrrole nitrogens is 1. The van der Waals surface area contributed by atoms with Gasteiger partial charge >= 0.3 is 0 Å². The fraction of sp³-hybridized carbons (Fsp3) is 0.429. The van der Waals surface area contributed by atoms with Gasteiger partial charge in [-0.15, -0.1) is 0 Å². The molecule has 7 nitrogen and oxygen atoms in total. The highest BCUT2D eigenvalue weighted by molar-refractivity contribution is 6.31. The van der Waals surface area contributed by atoms with Crippen LogP contribution in [0, 0.1) is 17.7 Å². The maximum Gasteiger partial charge on any atom is 0.225 e. The third kappa shape index (κ3) is 3.84. The van der Waals surface area contributed by atoms with Gasteiger partial charge in [-0.3, -0.25) is 4.79 Å². The highest BCUT2D eigenvalue weighted by Crippen LogP contribution is 2.33. The molecule has 1 unspecified atom stereocenters. The Balaban J connectivity index is 1.31. The maximum atomic E-state index is 14.4. The van der Waals surface area contributed by atoms with E-state index in [0.717, 1.165) is 37.6 Å². The van der Waals surface area contributed by atoms with Crippen LogP contribution >= 0.6 is 11.6 Å². The summed E-state index contributed by atoms with van der Waals surface area (Å²) >= 11 is 6.07. The van der Waals surface area contributed by atoms with Gasteiger partial charge in [-0.1, -0.05) is 11.6 Å². The van der Waals surface area contributed by atoms with Crippen molar-refractivity contribution in [2.45, 2.75) is 25.7 Å². The average molecular weight is 429 g/mol. The first-order chi connectivity index (χ1) is 14.6. The number of piperidine rings is 1. The molecule has 3 aromatic heterocycles. The number of likely N-dealkylation sites (tertiary alicyclic amines) is 1. The van der Waals surface area contributed by atoms with E-state index in [1.807, 2.05) is 4.90 Å². The van der Waals surface area contributed by atoms with Gasteiger partial charge in [0, 0.05) is 48.9 Å². The first kappa shape index (κ1) is 19.2. The van der Waals surface area contributed by atoms with Crippen LogP contribution in [-0.4, -0.2) is 50.4 Å². The Kier molecular flexibility index (Phi) is 5.02. The Hall–Kier alpha value is -2.74. The highest BCUT2D eigenvalue weighted by Gasteiger charge is 2.35. The predicted octanol–water partition coefficient (Wildman–Crippen LogP) is 3.87. The smallest absolute Gasteiger partial charge is 0.225 e. The minimum atomic E-state index is -0.503. The van der Waals surface area contributed by atoms with E-state index >= 15 is 0 Å². The minimum Gasteiger partial charge on any atom is -0.367 e.